The van der Waals surface area contributed by atoms with Crippen molar-refractivity contribution in [3.8, 4) is 5.75 Å². The van der Waals surface area contributed by atoms with Crippen molar-refractivity contribution < 1.29 is 9.15 Å². The highest BCUT2D eigenvalue weighted by atomic mass is 16.5. The Balaban J connectivity index is 1.79. The maximum Gasteiger partial charge on any atom is 0.142 e. The fraction of sp³-hybridized carbons (Fsp3) is 0.375. The van der Waals surface area contributed by atoms with Crippen molar-refractivity contribution in [1.82, 2.24) is 5.32 Å². The Morgan fingerprint density at radius 1 is 1.30 bits per heavy atom. The molecule has 1 aliphatic heterocycles. The summed E-state index contributed by atoms with van der Waals surface area (Å²) in [6.07, 6.45) is 2.85. The molecular formula is C16H20N2O2. The predicted molar refractivity (Wildman–Crippen MR) is 79.1 cm³/mol. The minimum Gasteiger partial charge on any atom is -0.491 e. The Kier molecular flexibility index (Phi) is 3.92. The highest BCUT2D eigenvalue weighted by Crippen LogP contribution is 2.31. The second-order valence-electron chi connectivity index (χ2n) is 5.04. The molecule has 0 bridgehead atoms. The lowest BCUT2D eigenvalue weighted by atomic mass is 10.2. The van der Waals surface area contributed by atoms with Crippen molar-refractivity contribution in [2.24, 2.45) is 0 Å². The molecular weight excluding hydrogens is 252 g/mol. The number of nitrogens with one attached hydrogen (secondary N) is 1. The average molecular weight is 272 g/mol. The van der Waals surface area contributed by atoms with Crippen LogP contribution in [-0.4, -0.2) is 20.2 Å². The first-order chi connectivity index (χ1) is 9.86. The molecule has 0 fully saturated rings. The van der Waals surface area contributed by atoms with Crippen molar-refractivity contribution in [1.29, 1.82) is 0 Å². The first kappa shape index (κ1) is 13.1. The lowest BCUT2D eigenvalue weighted by molar-refractivity contribution is 0.322. The van der Waals surface area contributed by atoms with Gasteiger partial charge in [-0.15, -0.1) is 0 Å². The molecule has 0 saturated heterocycles. The van der Waals surface area contributed by atoms with Crippen LogP contribution in [0, 0.1) is 0 Å². The summed E-state index contributed by atoms with van der Waals surface area (Å²) in [5.41, 5.74) is 2.33. The van der Waals surface area contributed by atoms with Crippen LogP contribution in [0.25, 0.3) is 0 Å². The van der Waals surface area contributed by atoms with Crippen LogP contribution >= 0.6 is 0 Å². The molecule has 0 spiro atoms. The fourth-order valence-corrected chi connectivity index (χ4v) is 2.56. The van der Waals surface area contributed by atoms with Gasteiger partial charge >= 0.3 is 0 Å². The zero-order chi connectivity index (χ0) is 13.8. The van der Waals surface area contributed by atoms with E-state index in [2.05, 4.69) is 28.4 Å². The molecule has 0 radical (unpaired) electrons. The molecule has 106 valence electrons. The Bertz CT molecular complexity index is 565. The third kappa shape index (κ3) is 2.80. The van der Waals surface area contributed by atoms with Gasteiger partial charge in [-0.25, -0.2) is 0 Å². The van der Waals surface area contributed by atoms with E-state index in [0.717, 1.165) is 49.9 Å². The predicted octanol–water partition coefficient (Wildman–Crippen LogP) is 2.79. The summed E-state index contributed by atoms with van der Waals surface area (Å²) in [4.78, 5) is 2.32. The zero-order valence-electron chi connectivity index (χ0n) is 11.8. The Labute approximate surface area is 119 Å². The standard InChI is InChI=1S/C16H20N2O2/c1-17-10-13-9-14(20-12-13)11-18-7-4-8-19-16-6-3-2-5-15(16)18/h2-3,5-6,9,12,17H,4,7-8,10-11H2,1H3. The maximum absolute atomic E-state index is 5.78. The van der Waals surface area contributed by atoms with Gasteiger partial charge in [0, 0.05) is 18.7 Å². The number of hydrogen-bond acceptors (Lipinski definition) is 4. The highest BCUT2D eigenvalue weighted by Gasteiger charge is 2.17. The molecule has 1 N–H and O–H groups in total. The molecule has 0 amide bonds. The molecule has 2 aromatic rings. The zero-order valence-corrected chi connectivity index (χ0v) is 11.8. The Hall–Kier alpha value is -1.94. The third-order valence-corrected chi connectivity index (χ3v) is 3.47. The Morgan fingerprint density at radius 2 is 2.20 bits per heavy atom. The molecule has 4 nitrogen and oxygen atoms in total. The summed E-state index contributed by atoms with van der Waals surface area (Å²) in [6.45, 7) is 3.38. The lowest BCUT2D eigenvalue weighted by Gasteiger charge is -2.22. The summed E-state index contributed by atoms with van der Waals surface area (Å²) >= 11 is 0. The molecule has 1 aliphatic rings. The van der Waals surface area contributed by atoms with E-state index in [1.165, 1.54) is 5.56 Å². The SMILES string of the molecule is CNCc1coc(CN2CCCOc3ccccc32)c1. The second-order valence-corrected chi connectivity index (χ2v) is 5.04. The molecule has 1 aromatic heterocycles. The quantitative estimate of drug-likeness (QED) is 0.928. The third-order valence-electron chi connectivity index (χ3n) is 3.47. The number of ether oxygens (including phenoxy) is 1. The van der Waals surface area contributed by atoms with Gasteiger partial charge in [-0.05, 0) is 31.7 Å². The van der Waals surface area contributed by atoms with Crippen LogP contribution in [-0.2, 0) is 13.1 Å². The topological polar surface area (TPSA) is 37.6 Å². The summed E-state index contributed by atoms with van der Waals surface area (Å²) in [6, 6.07) is 10.3. The summed E-state index contributed by atoms with van der Waals surface area (Å²) in [5, 5.41) is 3.13. The number of furan rings is 1. The molecule has 0 saturated carbocycles. The van der Waals surface area contributed by atoms with Gasteiger partial charge in [0.1, 0.15) is 11.5 Å². The van der Waals surface area contributed by atoms with Gasteiger partial charge in [-0.3, -0.25) is 0 Å². The van der Waals surface area contributed by atoms with Crippen LogP contribution in [0.3, 0.4) is 0 Å². The number of rotatable bonds is 4. The van der Waals surface area contributed by atoms with E-state index in [1.54, 1.807) is 0 Å². The van der Waals surface area contributed by atoms with Gasteiger partial charge in [-0.2, -0.15) is 0 Å². The highest BCUT2D eigenvalue weighted by molar-refractivity contribution is 5.59. The average Bonchev–Trinajstić information content (AvgIpc) is 2.80. The number of nitrogens with zero attached hydrogens (tertiary/aromatic N) is 1. The van der Waals surface area contributed by atoms with Crippen LogP contribution in [0.1, 0.15) is 17.7 Å². The summed E-state index contributed by atoms with van der Waals surface area (Å²) in [5.74, 6) is 1.96. The van der Waals surface area contributed by atoms with Crippen LogP contribution in [0.5, 0.6) is 5.75 Å². The monoisotopic (exact) mass is 272 g/mol. The molecule has 20 heavy (non-hydrogen) atoms. The van der Waals surface area contributed by atoms with Crippen LogP contribution in [0.15, 0.2) is 41.0 Å². The normalized spacial score (nSPS) is 14.6. The molecule has 1 aromatic carbocycles. The van der Waals surface area contributed by atoms with Crippen molar-refractivity contribution in [3.05, 3.63) is 47.9 Å². The van der Waals surface area contributed by atoms with Crippen molar-refractivity contribution >= 4 is 5.69 Å². The first-order valence-electron chi connectivity index (χ1n) is 7.04. The maximum atomic E-state index is 5.78. The van der Waals surface area contributed by atoms with Gasteiger partial charge in [0.05, 0.1) is 25.1 Å². The van der Waals surface area contributed by atoms with E-state index in [0.29, 0.717) is 0 Å². The molecule has 4 heteroatoms. The Morgan fingerprint density at radius 3 is 3.10 bits per heavy atom. The van der Waals surface area contributed by atoms with Crippen molar-refractivity contribution in [2.75, 3.05) is 25.1 Å². The van der Waals surface area contributed by atoms with Gasteiger partial charge in [0.15, 0.2) is 0 Å². The molecule has 0 atom stereocenters. The lowest BCUT2D eigenvalue weighted by Crippen LogP contribution is -2.22. The smallest absolute Gasteiger partial charge is 0.142 e. The van der Waals surface area contributed by atoms with Gasteiger partial charge in [0.2, 0.25) is 0 Å². The van der Waals surface area contributed by atoms with Gasteiger partial charge in [0.25, 0.3) is 0 Å². The molecule has 2 heterocycles. The number of fused-ring (bicyclic) bond motifs is 1. The van der Waals surface area contributed by atoms with E-state index < -0.39 is 0 Å². The van der Waals surface area contributed by atoms with E-state index in [4.69, 9.17) is 9.15 Å². The molecule has 0 unspecified atom stereocenters. The molecule has 3 rings (SSSR count). The first-order valence-corrected chi connectivity index (χ1v) is 7.04. The number of benzene rings is 1. The van der Waals surface area contributed by atoms with E-state index in [9.17, 15) is 0 Å². The largest absolute Gasteiger partial charge is 0.491 e. The van der Waals surface area contributed by atoms with E-state index in [-0.39, 0.29) is 0 Å². The van der Waals surface area contributed by atoms with Crippen LogP contribution in [0.4, 0.5) is 5.69 Å². The van der Waals surface area contributed by atoms with E-state index in [1.807, 2.05) is 25.4 Å². The van der Waals surface area contributed by atoms with Gasteiger partial charge < -0.3 is 19.4 Å². The summed E-state index contributed by atoms with van der Waals surface area (Å²) < 4.78 is 11.4. The molecule has 0 aliphatic carbocycles. The minimum absolute atomic E-state index is 0.774. The summed E-state index contributed by atoms with van der Waals surface area (Å²) in [7, 11) is 1.94. The second kappa shape index (κ2) is 6.01. The van der Waals surface area contributed by atoms with E-state index >= 15 is 0 Å². The van der Waals surface area contributed by atoms with Crippen LogP contribution < -0.4 is 15.0 Å². The fourth-order valence-electron chi connectivity index (χ4n) is 2.56. The van der Waals surface area contributed by atoms with Crippen molar-refractivity contribution in [2.45, 2.75) is 19.5 Å². The van der Waals surface area contributed by atoms with Crippen molar-refractivity contribution in [3.63, 3.8) is 0 Å². The minimum atomic E-state index is 0.774. The van der Waals surface area contributed by atoms with Gasteiger partial charge in [-0.1, -0.05) is 12.1 Å². The number of para-hydroxylation sites is 2. The number of anilines is 1. The van der Waals surface area contributed by atoms with Crippen LogP contribution in [0.2, 0.25) is 0 Å². The number of hydrogen-bond donors (Lipinski definition) is 1.